The predicted molar refractivity (Wildman–Crippen MR) is 67.0 cm³/mol. The van der Waals surface area contributed by atoms with Crippen LogP contribution in [0, 0.1) is 5.92 Å². The molecule has 1 rings (SSSR count). The predicted octanol–water partition coefficient (Wildman–Crippen LogP) is 3.33. The molecular formula is C12H18BrNO. The highest BCUT2D eigenvalue weighted by molar-refractivity contribution is 9.10. The van der Waals surface area contributed by atoms with Crippen LogP contribution in [0.15, 0.2) is 22.7 Å². The van der Waals surface area contributed by atoms with Crippen molar-refractivity contribution in [2.45, 2.75) is 26.8 Å². The van der Waals surface area contributed by atoms with Crippen molar-refractivity contribution in [3.8, 4) is 5.75 Å². The summed E-state index contributed by atoms with van der Waals surface area (Å²) in [6.07, 6.45) is 1.13. The van der Waals surface area contributed by atoms with E-state index in [4.69, 9.17) is 10.5 Å². The summed E-state index contributed by atoms with van der Waals surface area (Å²) in [7, 11) is 0. The molecule has 3 heteroatoms. The van der Waals surface area contributed by atoms with E-state index in [0.717, 1.165) is 28.8 Å². The number of nitrogens with two attached hydrogens (primary N) is 1. The number of para-hydroxylation sites is 1. The Morgan fingerprint density at radius 2 is 2.20 bits per heavy atom. The molecule has 0 aromatic heterocycles. The summed E-state index contributed by atoms with van der Waals surface area (Å²) in [6, 6.07) is 5.95. The van der Waals surface area contributed by atoms with E-state index >= 15 is 0 Å². The Labute approximate surface area is 99.9 Å². The smallest absolute Gasteiger partial charge is 0.137 e. The minimum absolute atomic E-state index is 0.509. The van der Waals surface area contributed by atoms with Crippen molar-refractivity contribution in [2.24, 2.45) is 11.7 Å². The second-order valence-electron chi connectivity index (χ2n) is 3.76. The zero-order valence-electron chi connectivity index (χ0n) is 9.29. The number of hydrogen-bond donors (Lipinski definition) is 1. The molecule has 1 aromatic carbocycles. The molecule has 0 spiro atoms. The SMILES string of the molecule is CCC(C)COc1c(Br)cccc1CN. The minimum atomic E-state index is 0.509. The molecule has 0 saturated carbocycles. The van der Waals surface area contributed by atoms with Crippen molar-refractivity contribution in [3.63, 3.8) is 0 Å². The van der Waals surface area contributed by atoms with Gasteiger partial charge in [0, 0.05) is 12.1 Å². The third-order valence-corrected chi connectivity index (χ3v) is 3.10. The van der Waals surface area contributed by atoms with Gasteiger partial charge in [-0.05, 0) is 27.9 Å². The monoisotopic (exact) mass is 271 g/mol. The Hall–Kier alpha value is -0.540. The molecule has 2 N–H and O–H groups in total. The van der Waals surface area contributed by atoms with Crippen molar-refractivity contribution < 1.29 is 4.74 Å². The van der Waals surface area contributed by atoms with E-state index in [2.05, 4.69) is 29.8 Å². The Morgan fingerprint density at radius 1 is 1.47 bits per heavy atom. The zero-order chi connectivity index (χ0) is 11.3. The lowest BCUT2D eigenvalue weighted by molar-refractivity contribution is 0.253. The number of benzene rings is 1. The maximum absolute atomic E-state index is 5.78. The summed E-state index contributed by atoms with van der Waals surface area (Å²) >= 11 is 3.48. The van der Waals surface area contributed by atoms with E-state index < -0.39 is 0 Å². The number of rotatable bonds is 5. The lowest BCUT2D eigenvalue weighted by atomic mass is 10.1. The van der Waals surface area contributed by atoms with E-state index in [1.807, 2.05) is 18.2 Å². The van der Waals surface area contributed by atoms with Gasteiger partial charge in [0.15, 0.2) is 0 Å². The number of ether oxygens (including phenoxy) is 1. The van der Waals surface area contributed by atoms with Crippen LogP contribution in [0.1, 0.15) is 25.8 Å². The van der Waals surface area contributed by atoms with Gasteiger partial charge in [-0.3, -0.25) is 0 Å². The normalized spacial score (nSPS) is 12.5. The van der Waals surface area contributed by atoms with Crippen LogP contribution >= 0.6 is 15.9 Å². The van der Waals surface area contributed by atoms with E-state index in [0.29, 0.717) is 12.5 Å². The first-order valence-corrected chi connectivity index (χ1v) is 6.08. The summed E-state index contributed by atoms with van der Waals surface area (Å²) in [5.41, 5.74) is 6.71. The van der Waals surface area contributed by atoms with Crippen LogP contribution in [0.5, 0.6) is 5.75 Å². The van der Waals surface area contributed by atoms with Gasteiger partial charge >= 0.3 is 0 Å². The average molecular weight is 272 g/mol. The average Bonchev–Trinajstić information content (AvgIpc) is 2.26. The fourth-order valence-electron chi connectivity index (χ4n) is 1.22. The third-order valence-electron chi connectivity index (χ3n) is 2.48. The molecule has 2 nitrogen and oxygen atoms in total. The summed E-state index contributed by atoms with van der Waals surface area (Å²) < 4.78 is 6.76. The molecule has 0 fully saturated rings. The van der Waals surface area contributed by atoms with Crippen molar-refractivity contribution in [3.05, 3.63) is 28.2 Å². The largest absolute Gasteiger partial charge is 0.492 e. The molecule has 0 saturated heterocycles. The minimum Gasteiger partial charge on any atom is -0.492 e. The van der Waals surface area contributed by atoms with Crippen LogP contribution in [0.3, 0.4) is 0 Å². The number of halogens is 1. The van der Waals surface area contributed by atoms with E-state index in [1.165, 1.54) is 0 Å². The van der Waals surface area contributed by atoms with Gasteiger partial charge < -0.3 is 10.5 Å². The van der Waals surface area contributed by atoms with Crippen molar-refractivity contribution in [1.29, 1.82) is 0 Å². The lowest BCUT2D eigenvalue weighted by Gasteiger charge is -2.15. The number of hydrogen-bond acceptors (Lipinski definition) is 2. The van der Waals surface area contributed by atoms with Crippen LogP contribution in [0.25, 0.3) is 0 Å². The first-order valence-electron chi connectivity index (χ1n) is 5.29. The fraction of sp³-hybridized carbons (Fsp3) is 0.500. The van der Waals surface area contributed by atoms with Crippen molar-refractivity contribution >= 4 is 15.9 Å². The second-order valence-corrected chi connectivity index (χ2v) is 4.61. The van der Waals surface area contributed by atoms with Crippen molar-refractivity contribution in [1.82, 2.24) is 0 Å². The molecule has 0 bridgehead atoms. The molecule has 1 atom stereocenters. The standard InChI is InChI=1S/C12H18BrNO/c1-3-9(2)8-15-12-10(7-14)5-4-6-11(12)13/h4-6,9H,3,7-8,14H2,1-2H3. The van der Waals surface area contributed by atoms with Gasteiger partial charge in [0.25, 0.3) is 0 Å². The highest BCUT2D eigenvalue weighted by Gasteiger charge is 2.08. The summed E-state index contributed by atoms with van der Waals surface area (Å²) in [5.74, 6) is 1.46. The Kier molecular flexibility index (Phi) is 5.12. The maximum Gasteiger partial charge on any atom is 0.137 e. The summed E-state index contributed by atoms with van der Waals surface area (Å²) in [6.45, 7) is 5.60. The summed E-state index contributed by atoms with van der Waals surface area (Å²) in [5, 5.41) is 0. The topological polar surface area (TPSA) is 35.2 Å². The highest BCUT2D eigenvalue weighted by atomic mass is 79.9. The summed E-state index contributed by atoms with van der Waals surface area (Å²) in [4.78, 5) is 0. The quantitative estimate of drug-likeness (QED) is 0.892. The molecule has 0 aliphatic rings. The first kappa shape index (κ1) is 12.5. The Balaban J connectivity index is 2.74. The van der Waals surface area contributed by atoms with Gasteiger partial charge in [-0.15, -0.1) is 0 Å². The molecule has 15 heavy (non-hydrogen) atoms. The molecule has 0 aliphatic carbocycles. The molecule has 0 aliphatic heterocycles. The molecule has 1 aromatic rings. The fourth-order valence-corrected chi connectivity index (χ4v) is 1.74. The van der Waals surface area contributed by atoms with E-state index in [-0.39, 0.29) is 0 Å². The Morgan fingerprint density at radius 3 is 2.80 bits per heavy atom. The second kappa shape index (κ2) is 6.13. The van der Waals surface area contributed by atoms with Crippen LogP contribution < -0.4 is 10.5 Å². The highest BCUT2D eigenvalue weighted by Crippen LogP contribution is 2.29. The van der Waals surface area contributed by atoms with Crippen molar-refractivity contribution in [2.75, 3.05) is 6.61 Å². The molecule has 0 heterocycles. The Bertz CT molecular complexity index is 314. The molecule has 1 unspecified atom stereocenters. The maximum atomic E-state index is 5.78. The van der Waals surface area contributed by atoms with Gasteiger partial charge in [-0.25, -0.2) is 0 Å². The first-order chi connectivity index (χ1) is 7.19. The molecular weight excluding hydrogens is 254 g/mol. The van der Waals surface area contributed by atoms with Gasteiger partial charge in [0.05, 0.1) is 11.1 Å². The van der Waals surface area contributed by atoms with Gasteiger partial charge in [0.2, 0.25) is 0 Å². The van der Waals surface area contributed by atoms with Gasteiger partial charge in [-0.1, -0.05) is 32.4 Å². The van der Waals surface area contributed by atoms with Gasteiger partial charge in [-0.2, -0.15) is 0 Å². The van der Waals surface area contributed by atoms with Gasteiger partial charge in [0.1, 0.15) is 5.75 Å². The molecule has 0 amide bonds. The van der Waals surface area contributed by atoms with Crippen LogP contribution in [-0.4, -0.2) is 6.61 Å². The third kappa shape index (κ3) is 3.50. The van der Waals surface area contributed by atoms with E-state index in [1.54, 1.807) is 0 Å². The van der Waals surface area contributed by atoms with E-state index in [9.17, 15) is 0 Å². The van der Waals surface area contributed by atoms with Crippen LogP contribution in [0.2, 0.25) is 0 Å². The molecule has 0 radical (unpaired) electrons. The zero-order valence-corrected chi connectivity index (χ0v) is 10.9. The van der Waals surface area contributed by atoms with Crippen LogP contribution in [0.4, 0.5) is 0 Å². The van der Waals surface area contributed by atoms with Crippen LogP contribution in [-0.2, 0) is 6.54 Å². The molecule has 84 valence electrons. The lowest BCUT2D eigenvalue weighted by Crippen LogP contribution is -2.10.